The zero-order valence-corrected chi connectivity index (χ0v) is 16.7. The summed E-state index contributed by atoms with van der Waals surface area (Å²) in [7, 11) is 3.68. The molecule has 0 spiro atoms. The van der Waals surface area contributed by atoms with Crippen LogP contribution in [0.15, 0.2) is 57.8 Å². The van der Waals surface area contributed by atoms with Gasteiger partial charge >= 0.3 is 0 Å². The maximum Gasteiger partial charge on any atom is 0.206 e. The molecule has 3 aromatic rings. The lowest BCUT2D eigenvalue weighted by molar-refractivity contribution is 0.104. The minimum Gasteiger partial charge on any atom is -0.383 e. The second-order valence-corrected chi connectivity index (χ2v) is 7.43. The molecule has 25 heavy (non-hydrogen) atoms. The highest BCUT2D eigenvalue weighted by atomic mass is 79.9. The molecule has 1 aromatic carbocycles. The van der Waals surface area contributed by atoms with Gasteiger partial charge in [0.2, 0.25) is 5.78 Å². The SMILES string of the molecule is CN(C)/C=C/C(=O)c1c(-c2ccc(F)cc2)nc2c(Br)cc(Br)cn12. The lowest BCUT2D eigenvalue weighted by Gasteiger charge is -2.05. The van der Waals surface area contributed by atoms with E-state index in [0.29, 0.717) is 22.6 Å². The molecule has 0 radical (unpaired) electrons. The Kier molecular flexibility index (Phi) is 5.06. The van der Waals surface area contributed by atoms with Crippen LogP contribution in [-0.4, -0.2) is 34.2 Å². The molecule has 2 heterocycles. The molecule has 0 aliphatic heterocycles. The Hall–Kier alpha value is -1.99. The number of ketones is 1. The van der Waals surface area contributed by atoms with Crippen LogP contribution in [0.1, 0.15) is 10.5 Å². The van der Waals surface area contributed by atoms with Gasteiger partial charge in [-0.3, -0.25) is 9.20 Å². The normalized spacial score (nSPS) is 11.4. The van der Waals surface area contributed by atoms with Crippen LogP contribution < -0.4 is 0 Å². The number of carbonyl (C=O) groups excluding carboxylic acids is 1. The van der Waals surface area contributed by atoms with Crippen LogP contribution in [0.2, 0.25) is 0 Å². The number of halogens is 3. The number of rotatable bonds is 4. The first-order valence-electron chi connectivity index (χ1n) is 7.39. The van der Waals surface area contributed by atoms with Gasteiger partial charge in [-0.05, 0) is 62.2 Å². The van der Waals surface area contributed by atoms with Crippen molar-refractivity contribution < 1.29 is 9.18 Å². The topological polar surface area (TPSA) is 37.6 Å². The summed E-state index contributed by atoms with van der Waals surface area (Å²) in [6, 6.07) is 7.81. The average molecular weight is 467 g/mol. The summed E-state index contributed by atoms with van der Waals surface area (Å²) in [5.41, 5.74) is 2.22. The number of benzene rings is 1. The molecular weight excluding hydrogens is 453 g/mol. The van der Waals surface area contributed by atoms with Crippen LogP contribution in [-0.2, 0) is 0 Å². The van der Waals surface area contributed by atoms with Gasteiger partial charge in [0.05, 0.1) is 4.47 Å². The van der Waals surface area contributed by atoms with Gasteiger partial charge in [-0.1, -0.05) is 0 Å². The van der Waals surface area contributed by atoms with Crippen molar-refractivity contribution in [2.75, 3.05) is 14.1 Å². The Balaban J connectivity index is 2.28. The van der Waals surface area contributed by atoms with E-state index < -0.39 is 0 Å². The molecule has 128 valence electrons. The molecule has 0 unspecified atom stereocenters. The van der Waals surface area contributed by atoms with Crippen molar-refractivity contribution in [2.24, 2.45) is 0 Å². The fourth-order valence-corrected chi connectivity index (χ4v) is 3.68. The predicted molar refractivity (Wildman–Crippen MR) is 103 cm³/mol. The molecule has 0 N–H and O–H groups in total. The quantitative estimate of drug-likeness (QED) is 0.404. The van der Waals surface area contributed by atoms with Gasteiger partial charge in [0.25, 0.3) is 0 Å². The number of fused-ring (bicyclic) bond motifs is 1. The first kappa shape index (κ1) is 17.8. The number of hydrogen-bond donors (Lipinski definition) is 0. The number of hydrogen-bond acceptors (Lipinski definition) is 3. The highest BCUT2D eigenvalue weighted by molar-refractivity contribution is 9.11. The van der Waals surface area contributed by atoms with Gasteiger partial charge in [0.1, 0.15) is 17.2 Å². The van der Waals surface area contributed by atoms with E-state index in [2.05, 4.69) is 36.8 Å². The fourth-order valence-electron chi connectivity index (χ4n) is 2.41. The molecule has 2 aromatic heterocycles. The van der Waals surface area contributed by atoms with Crippen molar-refractivity contribution in [1.82, 2.24) is 14.3 Å². The molecular formula is C18H14Br2FN3O. The van der Waals surface area contributed by atoms with Crippen molar-refractivity contribution >= 4 is 43.3 Å². The van der Waals surface area contributed by atoms with E-state index in [-0.39, 0.29) is 11.6 Å². The van der Waals surface area contributed by atoms with Gasteiger partial charge < -0.3 is 4.90 Å². The Morgan fingerprint density at radius 1 is 1.24 bits per heavy atom. The van der Waals surface area contributed by atoms with Gasteiger partial charge in [-0.2, -0.15) is 0 Å². The fraction of sp³-hybridized carbons (Fsp3) is 0.111. The van der Waals surface area contributed by atoms with Gasteiger partial charge in [0, 0.05) is 42.6 Å². The summed E-state index contributed by atoms with van der Waals surface area (Å²) in [6.07, 6.45) is 4.96. The van der Waals surface area contributed by atoms with Crippen LogP contribution in [0.4, 0.5) is 4.39 Å². The van der Waals surface area contributed by atoms with Crippen molar-refractivity contribution in [3.8, 4) is 11.3 Å². The Morgan fingerprint density at radius 3 is 2.56 bits per heavy atom. The first-order chi connectivity index (χ1) is 11.9. The lowest BCUT2D eigenvalue weighted by atomic mass is 10.1. The van der Waals surface area contributed by atoms with Crippen molar-refractivity contribution in [3.05, 3.63) is 69.3 Å². The Labute approximate surface area is 161 Å². The molecule has 0 amide bonds. The molecule has 0 bridgehead atoms. The standard InChI is InChI=1S/C18H14Br2FN3O/c1-23(2)8-7-15(25)17-16(11-3-5-13(21)6-4-11)22-18-14(20)9-12(19)10-24(17)18/h3-10H,1-2H3/b8-7+. The molecule has 4 nitrogen and oxygen atoms in total. The second kappa shape index (κ2) is 7.09. The number of nitrogens with zero attached hydrogens (tertiary/aromatic N) is 3. The summed E-state index contributed by atoms with van der Waals surface area (Å²) in [6.45, 7) is 0. The zero-order valence-electron chi connectivity index (χ0n) is 13.5. The molecule has 7 heteroatoms. The van der Waals surface area contributed by atoms with Crippen molar-refractivity contribution in [2.45, 2.75) is 0 Å². The molecule has 0 aliphatic carbocycles. The van der Waals surface area contributed by atoms with E-state index in [9.17, 15) is 9.18 Å². The molecule has 0 saturated heterocycles. The van der Waals surface area contributed by atoms with E-state index in [1.54, 1.807) is 33.8 Å². The zero-order chi connectivity index (χ0) is 18.1. The minimum absolute atomic E-state index is 0.189. The minimum atomic E-state index is -0.336. The van der Waals surface area contributed by atoms with Crippen LogP contribution >= 0.6 is 31.9 Å². The summed E-state index contributed by atoms with van der Waals surface area (Å²) < 4.78 is 16.6. The Bertz CT molecular complexity index is 978. The van der Waals surface area contributed by atoms with Gasteiger partial charge in [-0.25, -0.2) is 9.37 Å². The van der Waals surface area contributed by atoms with E-state index in [4.69, 9.17) is 0 Å². The van der Waals surface area contributed by atoms with Crippen LogP contribution in [0, 0.1) is 5.82 Å². The molecule has 3 rings (SSSR count). The summed E-state index contributed by atoms with van der Waals surface area (Å²) in [5.74, 6) is -0.526. The van der Waals surface area contributed by atoms with Crippen LogP contribution in [0.3, 0.4) is 0 Å². The second-order valence-electron chi connectivity index (χ2n) is 5.66. The lowest BCUT2D eigenvalue weighted by Crippen LogP contribution is -2.06. The van der Waals surface area contributed by atoms with Gasteiger partial charge in [0.15, 0.2) is 5.65 Å². The van der Waals surface area contributed by atoms with Gasteiger partial charge in [-0.15, -0.1) is 0 Å². The maximum absolute atomic E-state index is 13.3. The first-order valence-corrected chi connectivity index (χ1v) is 8.97. The number of aromatic nitrogens is 2. The van der Waals surface area contributed by atoms with Crippen LogP contribution in [0.25, 0.3) is 16.9 Å². The van der Waals surface area contributed by atoms with Crippen molar-refractivity contribution in [1.29, 1.82) is 0 Å². The smallest absolute Gasteiger partial charge is 0.206 e. The monoisotopic (exact) mass is 465 g/mol. The highest BCUT2D eigenvalue weighted by Crippen LogP contribution is 2.30. The number of carbonyl (C=O) groups is 1. The predicted octanol–water partition coefficient (Wildman–Crippen LogP) is 4.92. The summed E-state index contributed by atoms with van der Waals surface area (Å²) >= 11 is 6.92. The third-order valence-corrected chi connectivity index (χ3v) is 4.53. The van der Waals surface area contributed by atoms with E-state index in [1.165, 1.54) is 18.2 Å². The number of imidazole rings is 1. The highest BCUT2D eigenvalue weighted by Gasteiger charge is 2.21. The summed E-state index contributed by atoms with van der Waals surface area (Å²) in [5, 5.41) is 0. The molecule has 0 aliphatic rings. The number of allylic oxidation sites excluding steroid dienone is 1. The molecule has 0 saturated carbocycles. The molecule has 0 fully saturated rings. The third kappa shape index (κ3) is 3.67. The van der Waals surface area contributed by atoms with E-state index >= 15 is 0 Å². The average Bonchev–Trinajstić information content (AvgIpc) is 2.93. The molecule has 0 atom stereocenters. The maximum atomic E-state index is 13.3. The van der Waals surface area contributed by atoms with E-state index in [0.717, 1.165) is 8.95 Å². The van der Waals surface area contributed by atoms with Crippen LogP contribution in [0.5, 0.6) is 0 Å². The number of pyridine rings is 1. The third-order valence-electron chi connectivity index (χ3n) is 3.52. The Morgan fingerprint density at radius 2 is 1.92 bits per heavy atom. The van der Waals surface area contributed by atoms with Crippen molar-refractivity contribution in [3.63, 3.8) is 0 Å². The van der Waals surface area contributed by atoms with E-state index in [1.807, 2.05) is 20.2 Å². The summed E-state index contributed by atoms with van der Waals surface area (Å²) in [4.78, 5) is 19.2. The largest absolute Gasteiger partial charge is 0.383 e.